The molecule has 2 rings (SSSR count). The number of pyridine rings is 1. The third kappa shape index (κ3) is 2.83. The molecule has 0 bridgehead atoms. The lowest BCUT2D eigenvalue weighted by molar-refractivity contribution is 0.0694. The highest BCUT2D eigenvalue weighted by atomic mass is 16.5. The molecule has 23 heavy (non-hydrogen) atoms. The van der Waals surface area contributed by atoms with Crippen LogP contribution in [0.4, 0.5) is 0 Å². The van der Waals surface area contributed by atoms with Crippen LogP contribution in [0.25, 0.3) is 10.9 Å². The number of aromatic carboxylic acids is 1. The summed E-state index contributed by atoms with van der Waals surface area (Å²) in [6.07, 6.45) is 2.25. The molecule has 5 nitrogen and oxygen atoms in total. The van der Waals surface area contributed by atoms with Crippen molar-refractivity contribution in [2.24, 2.45) is 0 Å². The van der Waals surface area contributed by atoms with Crippen LogP contribution in [-0.2, 0) is 0 Å². The summed E-state index contributed by atoms with van der Waals surface area (Å²) in [5.74, 6) is -0.332. The van der Waals surface area contributed by atoms with Crippen LogP contribution < -0.4 is 10.2 Å². The van der Waals surface area contributed by atoms with Crippen LogP contribution in [0.3, 0.4) is 0 Å². The maximum atomic E-state index is 12.5. The summed E-state index contributed by atoms with van der Waals surface area (Å²) in [7, 11) is 1.58. The van der Waals surface area contributed by atoms with Gasteiger partial charge in [0.2, 0.25) is 5.43 Å². The largest absolute Gasteiger partial charge is 0.494 e. The molecule has 0 amide bonds. The number of nitrogens with zero attached hydrogens (tertiary/aromatic N) is 1. The van der Waals surface area contributed by atoms with Crippen LogP contribution in [-0.4, -0.2) is 22.8 Å². The van der Waals surface area contributed by atoms with Gasteiger partial charge in [-0.15, -0.1) is 0 Å². The molecule has 2 aromatic rings. The van der Waals surface area contributed by atoms with Crippen molar-refractivity contribution in [1.29, 1.82) is 0 Å². The molecule has 0 saturated carbocycles. The Bertz CT molecular complexity index is 805. The monoisotopic (exact) mass is 317 g/mol. The number of carboxylic acid groups (broad SMARTS) is 1. The number of methoxy groups -OCH3 is 1. The molecule has 0 saturated heterocycles. The van der Waals surface area contributed by atoms with Gasteiger partial charge in [-0.05, 0) is 30.9 Å². The van der Waals surface area contributed by atoms with Crippen molar-refractivity contribution in [2.75, 3.05) is 7.11 Å². The molecule has 1 heterocycles. The van der Waals surface area contributed by atoms with Crippen molar-refractivity contribution in [3.05, 3.63) is 39.7 Å². The van der Waals surface area contributed by atoms with Crippen LogP contribution in [0.15, 0.2) is 23.1 Å². The Balaban J connectivity index is 3.03. The van der Waals surface area contributed by atoms with Gasteiger partial charge in [-0.1, -0.05) is 26.8 Å². The Morgan fingerprint density at radius 1 is 1.30 bits per heavy atom. The van der Waals surface area contributed by atoms with E-state index in [9.17, 15) is 14.7 Å². The Hall–Kier alpha value is -2.30. The summed E-state index contributed by atoms with van der Waals surface area (Å²) in [5, 5.41) is 9.71. The fraction of sp³-hybridized carbons (Fsp3) is 0.444. The van der Waals surface area contributed by atoms with Crippen molar-refractivity contribution in [2.45, 2.75) is 46.1 Å². The van der Waals surface area contributed by atoms with Crippen molar-refractivity contribution >= 4 is 16.9 Å². The first-order chi connectivity index (χ1) is 10.8. The predicted octanol–water partition coefficient (Wildman–Crippen LogP) is 3.80. The molecule has 0 aliphatic heterocycles. The average molecular weight is 317 g/mol. The maximum absolute atomic E-state index is 12.5. The molecule has 5 heteroatoms. The van der Waals surface area contributed by atoms with E-state index in [1.165, 1.54) is 6.20 Å². The van der Waals surface area contributed by atoms with Gasteiger partial charge in [0.25, 0.3) is 0 Å². The molecule has 0 fully saturated rings. The lowest BCUT2D eigenvalue weighted by atomic mass is 9.98. The summed E-state index contributed by atoms with van der Waals surface area (Å²) in [5.41, 5.74) is 0.986. The highest BCUT2D eigenvalue weighted by Gasteiger charge is 2.21. The van der Waals surface area contributed by atoms with Crippen LogP contribution in [0, 0.1) is 0 Å². The van der Waals surface area contributed by atoms with Crippen LogP contribution in [0.1, 0.15) is 62.0 Å². The quantitative estimate of drug-likeness (QED) is 0.910. The van der Waals surface area contributed by atoms with E-state index in [1.807, 2.05) is 24.5 Å². The molecule has 0 spiro atoms. The van der Waals surface area contributed by atoms with E-state index in [0.717, 1.165) is 12.0 Å². The smallest absolute Gasteiger partial charge is 0.341 e. The van der Waals surface area contributed by atoms with Crippen molar-refractivity contribution in [3.8, 4) is 5.75 Å². The van der Waals surface area contributed by atoms with Gasteiger partial charge in [0.1, 0.15) is 11.3 Å². The number of benzene rings is 1. The molecular weight excluding hydrogens is 294 g/mol. The molecule has 1 atom stereocenters. The van der Waals surface area contributed by atoms with Crippen molar-refractivity contribution in [1.82, 2.24) is 4.57 Å². The number of carbonyl (C=O) groups is 1. The number of hydrogen-bond donors (Lipinski definition) is 1. The van der Waals surface area contributed by atoms with Crippen LogP contribution in [0.2, 0.25) is 0 Å². The molecule has 1 aromatic carbocycles. The summed E-state index contributed by atoms with van der Waals surface area (Å²) >= 11 is 0. The summed E-state index contributed by atoms with van der Waals surface area (Å²) in [6, 6.07) is 3.60. The second kappa shape index (κ2) is 6.44. The standard InChI is InChI=1S/C18H23NO4/c1-6-11(4)19-9-14(18(21)22)16(20)13-8-7-12(10(2)3)17(23-5)15(13)19/h7-11H,6H2,1-5H3,(H,21,22). The molecular formula is C18H23NO4. The third-order valence-electron chi connectivity index (χ3n) is 4.30. The van der Waals surface area contributed by atoms with E-state index in [-0.39, 0.29) is 17.5 Å². The predicted molar refractivity (Wildman–Crippen MR) is 90.8 cm³/mol. The van der Waals surface area contributed by atoms with Gasteiger partial charge in [0.15, 0.2) is 0 Å². The highest BCUT2D eigenvalue weighted by molar-refractivity contribution is 5.95. The van der Waals surface area contributed by atoms with Crippen molar-refractivity contribution < 1.29 is 14.6 Å². The third-order valence-corrected chi connectivity index (χ3v) is 4.30. The van der Waals surface area contributed by atoms with E-state index in [0.29, 0.717) is 16.7 Å². The lowest BCUT2D eigenvalue weighted by Gasteiger charge is -2.22. The van der Waals surface area contributed by atoms with Gasteiger partial charge in [0.05, 0.1) is 18.0 Å². The minimum absolute atomic E-state index is 0.0486. The Morgan fingerprint density at radius 2 is 1.96 bits per heavy atom. The van der Waals surface area contributed by atoms with Gasteiger partial charge in [-0.25, -0.2) is 4.79 Å². The summed E-state index contributed by atoms with van der Waals surface area (Å²) in [6.45, 7) is 8.13. The van der Waals surface area contributed by atoms with Gasteiger partial charge in [0, 0.05) is 12.2 Å². The van der Waals surface area contributed by atoms with E-state index in [2.05, 4.69) is 13.8 Å². The minimum Gasteiger partial charge on any atom is -0.494 e. The number of carboxylic acids is 1. The highest BCUT2D eigenvalue weighted by Crippen LogP contribution is 2.35. The number of ether oxygens (including phenoxy) is 1. The zero-order valence-electron chi connectivity index (χ0n) is 14.2. The number of aromatic nitrogens is 1. The Morgan fingerprint density at radius 3 is 2.43 bits per heavy atom. The second-order valence-corrected chi connectivity index (χ2v) is 6.08. The number of fused-ring (bicyclic) bond motifs is 1. The van der Waals surface area contributed by atoms with E-state index >= 15 is 0 Å². The molecule has 1 unspecified atom stereocenters. The molecule has 124 valence electrons. The first kappa shape index (κ1) is 17.1. The summed E-state index contributed by atoms with van der Waals surface area (Å²) < 4.78 is 7.46. The number of rotatable bonds is 5. The topological polar surface area (TPSA) is 68.5 Å². The molecule has 0 aliphatic carbocycles. The average Bonchev–Trinajstić information content (AvgIpc) is 2.52. The first-order valence-corrected chi connectivity index (χ1v) is 7.82. The van der Waals surface area contributed by atoms with E-state index in [1.54, 1.807) is 13.2 Å². The molecule has 1 N–H and O–H groups in total. The Kier molecular flexibility index (Phi) is 4.78. The van der Waals surface area contributed by atoms with Gasteiger partial charge >= 0.3 is 5.97 Å². The van der Waals surface area contributed by atoms with Crippen LogP contribution >= 0.6 is 0 Å². The number of hydrogen-bond acceptors (Lipinski definition) is 3. The lowest BCUT2D eigenvalue weighted by Crippen LogP contribution is -2.21. The van der Waals surface area contributed by atoms with Crippen LogP contribution in [0.5, 0.6) is 5.75 Å². The van der Waals surface area contributed by atoms with Gasteiger partial charge in [-0.2, -0.15) is 0 Å². The van der Waals surface area contributed by atoms with Gasteiger partial charge < -0.3 is 14.4 Å². The second-order valence-electron chi connectivity index (χ2n) is 6.08. The normalized spacial score (nSPS) is 12.6. The first-order valence-electron chi connectivity index (χ1n) is 7.82. The van der Waals surface area contributed by atoms with E-state index in [4.69, 9.17) is 4.74 Å². The molecule has 0 aliphatic rings. The van der Waals surface area contributed by atoms with Gasteiger partial charge in [-0.3, -0.25) is 4.79 Å². The molecule has 1 aromatic heterocycles. The SMILES string of the molecule is CCC(C)n1cc(C(=O)O)c(=O)c2ccc(C(C)C)c(OC)c21. The molecule has 0 radical (unpaired) electrons. The summed E-state index contributed by atoms with van der Waals surface area (Å²) in [4.78, 5) is 23.9. The maximum Gasteiger partial charge on any atom is 0.341 e. The van der Waals surface area contributed by atoms with E-state index < -0.39 is 11.4 Å². The van der Waals surface area contributed by atoms with Crippen molar-refractivity contribution in [3.63, 3.8) is 0 Å². The zero-order chi connectivity index (χ0) is 17.3. The fourth-order valence-electron chi connectivity index (χ4n) is 2.80. The zero-order valence-corrected chi connectivity index (χ0v) is 14.2. The fourth-order valence-corrected chi connectivity index (χ4v) is 2.80. The minimum atomic E-state index is -1.21. The Labute approximate surface area is 135 Å².